The minimum atomic E-state index is 0.922. The zero-order valence-electron chi connectivity index (χ0n) is 27.6. The SMILES string of the molecule is c1ccc(Cc2cc(Cc3ccccc3)cc(Cc3cccc(Cc4cc(Cc5ccccc5)cc(Cc5ccccc5)c4)c3)c2)cc1. The van der Waals surface area contributed by atoms with Crippen LogP contribution < -0.4 is 0 Å². The van der Waals surface area contributed by atoms with E-state index in [0.29, 0.717) is 0 Å². The number of hydrogen-bond acceptors (Lipinski definition) is 0. The van der Waals surface area contributed by atoms with Gasteiger partial charge in [-0.15, -0.1) is 0 Å². The highest BCUT2D eigenvalue weighted by molar-refractivity contribution is 5.42. The van der Waals surface area contributed by atoms with Crippen molar-refractivity contribution in [1.82, 2.24) is 0 Å². The molecular formula is C48H42. The van der Waals surface area contributed by atoms with Crippen molar-refractivity contribution in [3.05, 3.63) is 249 Å². The van der Waals surface area contributed by atoms with Crippen LogP contribution in [0.25, 0.3) is 0 Å². The first-order valence-electron chi connectivity index (χ1n) is 17.2. The molecule has 0 amide bonds. The Morgan fingerprint density at radius 3 is 0.604 bits per heavy atom. The maximum absolute atomic E-state index is 2.42. The lowest BCUT2D eigenvalue weighted by Gasteiger charge is -2.13. The predicted octanol–water partition coefficient (Wildman–Crippen LogP) is 11.2. The van der Waals surface area contributed by atoms with Gasteiger partial charge in [-0.1, -0.05) is 182 Å². The molecule has 0 aromatic heterocycles. The van der Waals surface area contributed by atoms with Gasteiger partial charge in [0.25, 0.3) is 0 Å². The first-order valence-corrected chi connectivity index (χ1v) is 17.2. The Labute approximate surface area is 286 Å². The standard InChI is InChI=1S/C48H42/c1-5-14-37(15-6-1)24-43-31-44(25-38-16-7-2-8-17-38)34-47(33-43)29-41-22-13-23-42(28-41)30-48-35-45(26-39-18-9-3-10-19-39)32-46(36-48)27-40-20-11-4-12-21-40/h1-23,28,31-36H,24-27,29-30H2. The summed E-state index contributed by atoms with van der Waals surface area (Å²) in [5.41, 5.74) is 16.4. The molecule has 0 atom stereocenters. The van der Waals surface area contributed by atoms with Gasteiger partial charge in [-0.05, 0) is 105 Å². The lowest BCUT2D eigenvalue weighted by Crippen LogP contribution is -1.99. The topological polar surface area (TPSA) is 0 Å². The Kier molecular flexibility index (Phi) is 10.0. The van der Waals surface area contributed by atoms with E-state index in [-0.39, 0.29) is 0 Å². The molecule has 0 aliphatic rings. The molecule has 0 saturated carbocycles. The van der Waals surface area contributed by atoms with Crippen molar-refractivity contribution in [1.29, 1.82) is 0 Å². The van der Waals surface area contributed by atoms with Gasteiger partial charge in [0.15, 0.2) is 0 Å². The summed E-state index contributed by atoms with van der Waals surface area (Å²) >= 11 is 0. The Bertz CT molecular complexity index is 1770. The molecule has 7 aromatic carbocycles. The highest BCUT2D eigenvalue weighted by atomic mass is 14.1. The summed E-state index contributed by atoms with van der Waals surface area (Å²) in [6.45, 7) is 0. The van der Waals surface area contributed by atoms with Crippen molar-refractivity contribution < 1.29 is 0 Å². The van der Waals surface area contributed by atoms with Crippen LogP contribution in [0.1, 0.15) is 66.8 Å². The zero-order chi connectivity index (χ0) is 32.4. The molecule has 0 heterocycles. The Hall–Kier alpha value is -5.46. The maximum atomic E-state index is 2.42. The average Bonchev–Trinajstić information content (AvgIpc) is 3.10. The molecule has 7 rings (SSSR count). The Morgan fingerprint density at radius 1 is 0.167 bits per heavy atom. The first-order chi connectivity index (χ1) is 23.7. The van der Waals surface area contributed by atoms with Crippen LogP contribution >= 0.6 is 0 Å². The lowest BCUT2D eigenvalue weighted by atomic mass is 9.92. The average molecular weight is 619 g/mol. The smallest absolute Gasteiger partial charge is 0.00255 e. The molecule has 0 fully saturated rings. The maximum Gasteiger partial charge on any atom is -0.00255 e. The second-order valence-electron chi connectivity index (χ2n) is 13.1. The molecule has 7 aromatic rings. The normalized spacial score (nSPS) is 11.0. The molecule has 0 heteroatoms. The zero-order valence-corrected chi connectivity index (χ0v) is 27.6. The molecule has 0 N–H and O–H groups in total. The number of benzene rings is 7. The summed E-state index contributed by atoms with van der Waals surface area (Å²) in [7, 11) is 0. The summed E-state index contributed by atoms with van der Waals surface area (Å²) in [5.74, 6) is 0. The van der Waals surface area contributed by atoms with Crippen molar-refractivity contribution in [2.75, 3.05) is 0 Å². The van der Waals surface area contributed by atoms with Crippen molar-refractivity contribution >= 4 is 0 Å². The quantitative estimate of drug-likeness (QED) is 0.128. The van der Waals surface area contributed by atoms with Crippen LogP contribution in [-0.2, 0) is 38.5 Å². The van der Waals surface area contributed by atoms with Crippen LogP contribution in [-0.4, -0.2) is 0 Å². The van der Waals surface area contributed by atoms with Crippen molar-refractivity contribution in [3.63, 3.8) is 0 Å². The van der Waals surface area contributed by atoms with Crippen molar-refractivity contribution in [2.45, 2.75) is 38.5 Å². The molecule has 48 heavy (non-hydrogen) atoms. The minimum absolute atomic E-state index is 0.922. The van der Waals surface area contributed by atoms with Gasteiger partial charge in [0.2, 0.25) is 0 Å². The third-order valence-corrected chi connectivity index (χ3v) is 9.04. The van der Waals surface area contributed by atoms with Crippen LogP contribution in [0.15, 0.2) is 182 Å². The fourth-order valence-corrected chi connectivity index (χ4v) is 6.94. The van der Waals surface area contributed by atoms with E-state index in [1.54, 1.807) is 0 Å². The van der Waals surface area contributed by atoms with Gasteiger partial charge in [-0.2, -0.15) is 0 Å². The number of rotatable bonds is 12. The van der Waals surface area contributed by atoms with Crippen LogP contribution in [0, 0.1) is 0 Å². The van der Waals surface area contributed by atoms with E-state index >= 15 is 0 Å². The lowest BCUT2D eigenvalue weighted by molar-refractivity contribution is 1.08. The van der Waals surface area contributed by atoms with E-state index in [1.165, 1.54) is 66.8 Å². The van der Waals surface area contributed by atoms with E-state index in [1.807, 2.05) is 0 Å². The van der Waals surface area contributed by atoms with E-state index in [2.05, 4.69) is 182 Å². The first kappa shape index (κ1) is 31.2. The van der Waals surface area contributed by atoms with Crippen LogP contribution in [0.4, 0.5) is 0 Å². The molecule has 0 saturated heterocycles. The molecule has 0 spiro atoms. The molecule has 0 bridgehead atoms. The fraction of sp³-hybridized carbons (Fsp3) is 0.125. The van der Waals surface area contributed by atoms with Crippen LogP contribution in [0.5, 0.6) is 0 Å². The van der Waals surface area contributed by atoms with E-state index in [4.69, 9.17) is 0 Å². The number of hydrogen-bond donors (Lipinski definition) is 0. The molecule has 0 radical (unpaired) electrons. The van der Waals surface area contributed by atoms with Crippen LogP contribution in [0.3, 0.4) is 0 Å². The molecule has 234 valence electrons. The van der Waals surface area contributed by atoms with E-state index in [0.717, 1.165) is 38.5 Å². The highest BCUT2D eigenvalue weighted by Gasteiger charge is 2.09. The fourth-order valence-electron chi connectivity index (χ4n) is 6.94. The van der Waals surface area contributed by atoms with Crippen LogP contribution in [0.2, 0.25) is 0 Å². The van der Waals surface area contributed by atoms with Gasteiger partial charge in [0.05, 0.1) is 0 Å². The third-order valence-electron chi connectivity index (χ3n) is 9.04. The predicted molar refractivity (Wildman–Crippen MR) is 202 cm³/mol. The second kappa shape index (κ2) is 15.4. The Morgan fingerprint density at radius 2 is 0.354 bits per heavy atom. The van der Waals surface area contributed by atoms with Gasteiger partial charge in [0, 0.05) is 0 Å². The second-order valence-corrected chi connectivity index (χ2v) is 13.1. The minimum Gasteiger partial charge on any atom is -0.0622 e. The van der Waals surface area contributed by atoms with Gasteiger partial charge < -0.3 is 0 Å². The summed E-state index contributed by atoms with van der Waals surface area (Å²) in [5, 5.41) is 0. The largest absolute Gasteiger partial charge is 0.0622 e. The molecular weight excluding hydrogens is 577 g/mol. The highest BCUT2D eigenvalue weighted by Crippen LogP contribution is 2.23. The summed E-state index contributed by atoms with van der Waals surface area (Å²) in [4.78, 5) is 0. The summed E-state index contributed by atoms with van der Waals surface area (Å²) in [6, 6.07) is 67.0. The molecule has 0 nitrogen and oxygen atoms in total. The van der Waals surface area contributed by atoms with Gasteiger partial charge in [-0.3, -0.25) is 0 Å². The van der Waals surface area contributed by atoms with Gasteiger partial charge in [-0.25, -0.2) is 0 Å². The van der Waals surface area contributed by atoms with Crippen molar-refractivity contribution in [3.8, 4) is 0 Å². The van der Waals surface area contributed by atoms with E-state index in [9.17, 15) is 0 Å². The van der Waals surface area contributed by atoms with Gasteiger partial charge in [0.1, 0.15) is 0 Å². The molecule has 0 unspecified atom stereocenters. The monoisotopic (exact) mass is 618 g/mol. The Balaban J connectivity index is 1.14. The van der Waals surface area contributed by atoms with E-state index < -0.39 is 0 Å². The van der Waals surface area contributed by atoms with Gasteiger partial charge >= 0.3 is 0 Å². The summed E-state index contributed by atoms with van der Waals surface area (Å²) in [6.07, 6.45) is 5.63. The molecule has 0 aliphatic carbocycles. The molecule has 0 aliphatic heterocycles. The summed E-state index contributed by atoms with van der Waals surface area (Å²) < 4.78 is 0. The van der Waals surface area contributed by atoms with Crippen molar-refractivity contribution in [2.24, 2.45) is 0 Å². The third kappa shape index (κ3) is 8.87.